The number of ether oxygens (including phenoxy) is 1. The van der Waals surface area contributed by atoms with E-state index in [0.717, 1.165) is 12.8 Å². The Hall–Kier alpha value is -0.860. The zero-order chi connectivity index (χ0) is 13.1. The molecule has 0 aromatic heterocycles. The lowest BCUT2D eigenvalue weighted by Gasteiger charge is -2.05. The van der Waals surface area contributed by atoms with E-state index in [1.165, 1.54) is 32.1 Å². The van der Waals surface area contributed by atoms with Gasteiger partial charge in [-0.1, -0.05) is 59.3 Å². The van der Waals surface area contributed by atoms with Gasteiger partial charge in [0.25, 0.3) is 0 Å². The third kappa shape index (κ3) is 10.0. The fraction of sp³-hybridized carbons (Fsp3) is 0.857. The van der Waals surface area contributed by atoms with Gasteiger partial charge in [-0.2, -0.15) is 0 Å². The summed E-state index contributed by atoms with van der Waals surface area (Å²) in [7, 11) is 0. The molecule has 0 atom stereocenters. The van der Waals surface area contributed by atoms with Crippen molar-refractivity contribution in [2.45, 2.75) is 72.1 Å². The Morgan fingerprint density at radius 1 is 0.941 bits per heavy atom. The lowest BCUT2D eigenvalue weighted by molar-refractivity contribution is -0.162. The molecule has 0 fully saturated rings. The first-order chi connectivity index (χ1) is 8.07. The smallest absolute Gasteiger partial charge is 0.316 e. The van der Waals surface area contributed by atoms with Crippen LogP contribution in [0.2, 0.25) is 0 Å². The van der Waals surface area contributed by atoms with Crippen molar-refractivity contribution >= 4 is 11.9 Å². The second-order valence-corrected chi connectivity index (χ2v) is 4.82. The number of rotatable bonds is 9. The number of carbonyl (C=O) groups is 2. The Kier molecular flexibility index (Phi) is 9.78. The molecule has 0 amide bonds. The molecule has 0 saturated carbocycles. The third-order valence-electron chi connectivity index (χ3n) is 2.67. The maximum atomic E-state index is 11.3. The lowest BCUT2D eigenvalue weighted by Crippen LogP contribution is -2.16. The van der Waals surface area contributed by atoms with Gasteiger partial charge in [-0.05, 0) is 6.42 Å². The monoisotopic (exact) mass is 242 g/mol. The molecular weight excluding hydrogens is 216 g/mol. The minimum atomic E-state index is -0.419. The van der Waals surface area contributed by atoms with Crippen LogP contribution in [0.15, 0.2) is 0 Å². The normalized spacial score (nSPS) is 10.6. The highest BCUT2D eigenvalue weighted by molar-refractivity contribution is 5.86. The minimum Gasteiger partial charge on any atom is -0.393 e. The molecule has 0 aliphatic rings. The molecule has 3 nitrogen and oxygen atoms in total. The standard InChI is InChI=1S/C14H26O3/c1-4-5-6-7-8-9-10-11-13(15)17-14(16)12(2)3/h12H,4-11H2,1-3H3. The van der Waals surface area contributed by atoms with E-state index in [-0.39, 0.29) is 11.9 Å². The molecule has 0 aromatic carbocycles. The summed E-state index contributed by atoms with van der Waals surface area (Å²) < 4.78 is 4.68. The van der Waals surface area contributed by atoms with Gasteiger partial charge < -0.3 is 4.74 Å². The van der Waals surface area contributed by atoms with Crippen molar-refractivity contribution in [3.63, 3.8) is 0 Å². The summed E-state index contributed by atoms with van der Waals surface area (Å²) in [4.78, 5) is 22.4. The van der Waals surface area contributed by atoms with E-state index in [9.17, 15) is 9.59 Å². The second-order valence-electron chi connectivity index (χ2n) is 4.82. The topological polar surface area (TPSA) is 43.4 Å². The first-order valence-electron chi connectivity index (χ1n) is 6.82. The molecule has 0 saturated heterocycles. The van der Waals surface area contributed by atoms with E-state index in [1.54, 1.807) is 13.8 Å². The molecule has 0 aliphatic heterocycles. The Morgan fingerprint density at radius 3 is 2.00 bits per heavy atom. The largest absolute Gasteiger partial charge is 0.393 e. The number of carbonyl (C=O) groups excluding carboxylic acids is 2. The van der Waals surface area contributed by atoms with Gasteiger partial charge >= 0.3 is 11.9 Å². The fourth-order valence-electron chi connectivity index (χ4n) is 1.51. The predicted molar refractivity (Wildman–Crippen MR) is 68.5 cm³/mol. The highest BCUT2D eigenvalue weighted by Crippen LogP contribution is 2.09. The average molecular weight is 242 g/mol. The molecule has 0 spiro atoms. The third-order valence-corrected chi connectivity index (χ3v) is 2.67. The fourth-order valence-corrected chi connectivity index (χ4v) is 1.51. The summed E-state index contributed by atoms with van der Waals surface area (Å²) in [6, 6.07) is 0. The Labute approximate surface area is 105 Å². The van der Waals surface area contributed by atoms with Crippen LogP contribution < -0.4 is 0 Å². The SMILES string of the molecule is CCCCCCCCCC(=O)OC(=O)C(C)C. The van der Waals surface area contributed by atoms with Crippen molar-refractivity contribution < 1.29 is 14.3 Å². The summed E-state index contributed by atoms with van der Waals surface area (Å²) in [6.07, 6.45) is 8.50. The summed E-state index contributed by atoms with van der Waals surface area (Å²) in [6.45, 7) is 5.65. The maximum absolute atomic E-state index is 11.3. The van der Waals surface area contributed by atoms with Crippen molar-refractivity contribution in [1.29, 1.82) is 0 Å². The predicted octanol–water partition coefficient (Wildman–Crippen LogP) is 3.85. The van der Waals surface area contributed by atoms with E-state index in [4.69, 9.17) is 0 Å². The maximum Gasteiger partial charge on any atom is 0.316 e. The quantitative estimate of drug-likeness (QED) is 0.350. The van der Waals surface area contributed by atoms with Crippen LogP contribution in [0.5, 0.6) is 0 Å². The minimum absolute atomic E-state index is 0.229. The number of unbranched alkanes of at least 4 members (excludes halogenated alkanes) is 6. The molecule has 0 radical (unpaired) electrons. The van der Waals surface area contributed by atoms with Crippen LogP contribution in [0.25, 0.3) is 0 Å². The number of esters is 2. The molecule has 0 unspecified atom stereocenters. The summed E-state index contributed by atoms with van der Waals surface area (Å²) in [5, 5.41) is 0. The zero-order valence-electron chi connectivity index (χ0n) is 11.5. The average Bonchev–Trinajstić information content (AvgIpc) is 2.27. The molecule has 0 rings (SSSR count). The highest BCUT2D eigenvalue weighted by Gasteiger charge is 2.13. The molecule has 0 N–H and O–H groups in total. The molecule has 100 valence electrons. The Bertz CT molecular complexity index is 222. The summed E-state index contributed by atoms with van der Waals surface area (Å²) >= 11 is 0. The van der Waals surface area contributed by atoms with Crippen LogP contribution in [0.3, 0.4) is 0 Å². The molecule has 0 aromatic rings. The van der Waals surface area contributed by atoms with Crippen LogP contribution >= 0.6 is 0 Å². The van der Waals surface area contributed by atoms with E-state index in [0.29, 0.717) is 6.42 Å². The number of hydrogen-bond donors (Lipinski definition) is 0. The van der Waals surface area contributed by atoms with E-state index in [2.05, 4.69) is 11.7 Å². The van der Waals surface area contributed by atoms with Crippen molar-refractivity contribution in [2.24, 2.45) is 5.92 Å². The molecule has 0 aliphatic carbocycles. The van der Waals surface area contributed by atoms with Gasteiger partial charge in [0.15, 0.2) is 0 Å². The molecule has 17 heavy (non-hydrogen) atoms. The van der Waals surface area contributed by atoms with Crippen LogP contribution in [-0.2, 0) is 14.3 Å². The highest BCUT2D eigenvalue weighted by atomic mass is 16.6. The Morgan fingerprint density at radius 2 is 1.47 bits per heavy atom. The zero-order valence-corrected chi connectivity index (χ0v) is 11.5. The molecule has 0 heterocycles. The first kappa shape index (κ1) is 16.1. The van der Waals surface area contributed by atoms with Crippen molar-refractivity contribution in [1.82, 2.24) is 0 Å². The van der Waals surface area contributed by atoms with Crippen molar-refractivity contribution in [2.75, 3.05) is 0 Å². The van der Waals surface area contributed by atoms with Crippen LogP contribution in [-0.4, -0.2) is 11.9 Å². The van der Waals surface area contributed by atoms with Gasteiger partial charge in [-0.15, -0.1) is 0 Å². The van der Waals surface area contributed by atoms with Gasteiger partial charge in [0.05, 0.1) is 5.92 Å². The van der Waals surface area contributed by atoms with E-state index in [1.807, 2.05) is 0 Å². The lowest BCUT2D eigenvalue weighted by atomic mass is 10.1. The molecular formula is C14H26O3. The van der Waals surface area contributed by atoms with Crippen LogP contribution in [0.1, 0.15) is 72.1 Å². The van der Waals surface area contributed by atoms with Gasteiger partial charge in [0.1, 0.15) is 0 Å². The first-order valence-corrected chi connectivity index (χ1v) is 6.82. The van der Waals surface area contributed by atoms with Gasteiger partial charge in [0, 0.05) is 6.42 Å². The van der Waals surface area contributed by atoms with Crippen LogP contribution in [0, 0.1) is 5.92 Å². The van der Waals surface area contributed by atoms with Crippen LogP contribution in [0.4, 0.5) is 0 Å². The second kappa shape index (κ2) is 10.3. The van der Waals surface area contributed by atoms with Gasteiger partial charge in [-0.3, -0.25) is 9.59 Å². The Balaban J connectivity index is 3.36. The van der Waals surface area contributed by atoms with Crippen molar-refractivity contribution in [3.05, 3.63) is 0 Å². The summed E-state index contributed by atoms with van der Waals surface area (Å²) in [5.41, 5.74) is 0. The summed E-state index contributed by atoms with van der Waals surface area (Å²) in [5.74, 6) is -1.02. The number of hydrogen-bond acceptors (Lipinski definition) is 3. The molecule has 0 bridgehead atoms. The van der Waals surface area contributed by atoms with E-state index < -0.39 is 5.97 Å². The molecule has 3 heteroatoms. The van der Waals surface area contributed by atoms with Gasteiger partial charge in [-0.25, -0.2) is 0 Å². The van der Waals surface area contributed by atoms with E-state index >= 15 is 0 Å². The van der Waals surface area contributed by atoms with Gasteiger partial charge in [0.2, 0.25) is 0 Å². The van der Waals surface area contributed by atoms with Crippen molar-refractivity contribution in [3.8, 4) is 0 Å².